The number of alkyl halides is 3. The second kappa shape index (κ2) is 9.03. The zero-order valence-electron chi connectivity index (χ0n) is 14.2. The molecule has 0 amide bonds. The van der Waals surface area contributed by atoms with E-state index in [4.69, 9.17) is 5.26 Å². The van der Waals surface area contributed by atoms with Gasteiger partial charge in [0.15, 0.2) is 5.83 Å². The predicted octanol–water partition coefficient (Wildman–Crippen LogP) is 6.60. The number of nitrogens with zero attached hydrogens (tertiary/aromatic N) is 1. The van der Waals surface area contributed by atoms with Crippen LogP contribution in [0.3, 0.4) is 0 Å². The molecule has 2 rings (SSSR count). The summed E-state index contributed by atoms with van der Waals surface area (Å²) in [4.78, 5) is 0. The van der Waals surface area contributed by atoms with Crippen molar-refractivity contribution in [3.63, 3.8) is 0 Å². The third-order valence-electron chi connectivity index (χ3n) is 5.09. The minimum absolute atomic E-state index is 0.588. The van der Waals surface area contributed by atoms with Crippen LogP contribution in [0.2, 0.25) is 0 Å². The van der Waals surface area contributed by atoms with Crippen LogP contribution in [0.4, 0.5) is 17.6 Å². The molecule has 0 saturated heterocycles. The molecule has 1 aromatic rings. The molecule has 0 heterocycles. The molecule has 0 N–H and O–H groups in total. The molecule has 1 aliphatic carbocycles. The summed E-state index contributed by atoms with van der Waals surface area (Å²) in [6.07, 6.45) is 4.88. The van der Waals surface area contributed by atoms with Gasteiger partial charge in [0.2, 0.25) is 0 Å². The monoisotopic (exact) mass is 353 g/mol. The predicted molar refractivity (Wildman–Crippen MR) is 89.3 cm³/mol. The first-order valence-electron chi connectivity index (χ1n) is 8.80. The summed E-state index contributed by atoms with van der Waals surface area (Å²) in [6.45, 7) is 0. The molecule has 1 fully saturated rings. The molecule has 5 heteroatoms. The second-order valence-electron chi connectivity index (χ2n) is 6.86. The van der Waals surface area contributed by atoms with Crippen molar-refractivity contribution in [3.05, 3.63) is 47.3 Å². The summed E-state index contributed by atoms with van der Waals surface area (Å²) in [7, 11) is 0. The lowest BCUT2D eigenvalue weighted by Crippen LogP contribution is -2.15. The standard InChI is InChI=1S/C20H23F4N/c21-19(14-25)3-1-2-15-4-6-16(7-5-15)8-9-17-10-12-18(13-11-17)20(22,23)24/h3,10-13,15-16H,1-2,4-9H2. The molecule has 1 aliphatic rings. The average Bonchev–Trinajstić information content (AvgIpc) is 2.60. The first-order valence-corrected chi connectivity index (χ1v) is 8.80. The van der Waals surface area contributed by atoms with Crippen molar-refractivity contribution in [2.45, 2.75) is 57.5 Å². The maximum Gasteiger partial charge on any atom is 0.416 e. The molecular formula is C20H23F4N. The maximum atomic E-state index is 12.7. The summed E-state index contributed by atoms with van der Waals surface area (Å²) in [5.74, 6) is 0.500. The Balaban J connectivity index is 1.69. The summed E-state index contributed by atoms with van der Waals surface area (Å²) in [6, 6.07) is 6.94. The van der Waals surface area contributed by atoms with Crippen molar-refractivity contribution >= 4 is 0 Å². The van der Waals surface area contributed by atoms with E-state index < -0.39 is 17.6 Å². The summed E-state index contributed by atoms with van der Waals surface area (Å²) in [5.41, 5.74) is 0.353. The fraction of sp³-hybridized carbons (Fsp3) is 0.550. The number of hydrogen-bond donors (Lipinski definition) is 0. The molecule has 25 heavy (non-hydrogen) atoms. The summed E-state index contributed by atoms with van der Waals surface area (Å²) < 4.78 is 50.4. The van der Waals surface area contributed by atoms with Gasteiger partial charge in [0.1, 0.15) is 6.07 Å². The molecule has 1 nitrogen and oxygen atoms in total. The Hall–Kier alpha value is -1.83. The molecule has 0 atom stereocenters. The van der Waals surface area contributed by atoms with Crippen LogP contribution >= 0.6 is 0 Å². The lowest BCUT2D eigenvalue weighted by atomic mass is 9.78. The molecule has 1 saturated carbocycles. The van der Waals surface area contributed by atoms with Crippen molar-refractivity contribution < 1.29 is 17.6 Å². The molecule has 0 radical (unpaired) electrons. The van der Waals surface area contributed by atoms with Gasteiger partial charge in [-0.3, -0.25) is 0 Å². The van der Waals surface area contributed by atoms with Crippen molar-refractivity contribution in [2.75, 3.05) is 0 Å². The first-order chi connectivity index (χ1) is 11.9. The van der Waals surface area contributed by atoms with Gasteiger partial charge in [0.05, 0.1) is 5.56 Å². The Bertz CT molecular complexity index is 602. The van der Waals surface area contributed by atoms with E-state index in [0.29, 0.717) is 18.3 Å². The molecule has 0 spiro atoms. The minimum atomic E-state index is -4.28. The van der Waals surface area contributed by atoms with Gasteiger partial charge in [-0.1, -0.05) is 37.8 Å². The highest BCUT2D eigenvalue weighted by Crippen LogP contribution is 2.34. The van der Waals surface area contributed by atoms with Gasteiger partial charge < -0.3 is 0 Å². The van der Waals surface area contributed by atoms with E-state index in [1.807, 2.05) is 0 Å². The van der Waals surface area contributed by atoms with Gasteiger partial charge in [-0.05, 0) is 61.3 Å². The fourth-order valence-corrected chi connectivity index (χ4v) is 3.53. The lowest BCUT2D eigenvalue weighted by molar-refractivity contribution is -0.137. The zero-order valence-corrected chi connectivity index (χ0v) is 14.2. The van der Waals surface area contributed by atoms with E-state index in [2.05, 4.69) is 0 Å². The lowest BCUT2D eigenvalue weighted by Gasteiger charge is -2.28. The van der Waals surface area contributed by atoms with Crippen molar-refractivity contribution in [2.24, 2.45) is 11.8 Å². The van der Waals surface area contributed by atoms with Crippen LogP contribution in [0, 0.1) is 23.2 Å². The summed E-state index contributed by atoms with van der Waals surface area (Å²) >= 11 is 0. The van der Waals surface area contributed by atoms with E-state index >= 15 is 0 Å². The van der Waals surface area contributed by atoms with Crippen LogP contribution in [0.15, 0.2) is 36.2 Å². The number of benzene rings is 1. The number of hydrogen-bond acceptors (Lipinski definition) is 1. The van der Waals surface area contributed by atoms with Crippen LogP contribution in [0.5, 0.6) is 0 Å². The van der Waals surface area contributed by atoms with Crippen LogP contribution in [-0.2, 0) is 12.6 Å². The summed E-state index contributed by atoms with van der Waals surface area (Å²) in [5, 5.41) is 8.37. The van der Waals surface area contributed by atoms with Crippen molar-refractivity contribution in [1.82, 2.24) is 0 Å². The van der Waals surface area contributed by atoms with Gasteiger partial charge in [0, 0.05) is 0 Å². The SMILES string of the molecule is N#CC(F)=CCCC1CCC(CCc2ccc(C(F)(F)F)cc2)CC1. The average molecular weight is 353 g/mol. The Labute approximate surface area is 146 Å². The molecular weight excluding hydrogens is 330 g/mol. The number of halogens is 4. The topological polar surface area (TPSA) is 23.8 Å². The Morgan fingerprint density at radius 2 is 1.60 bits per heavy atom. The van der Waals surface area contributed by atoms with Gasteiger partial charge in [-0.2, -0.15) is 22.8 Å². The molecule has 0 aromatic heterocycles. The molecule has 0 unspecified atom stereocenters. The maximum absolute atomic E-state index is 12.7. The Morgan fingerprint density at radius 1 is 1.04 bits per heavy atom. The Morgan fingerprint density at radius 3 is 2.12 bits per heavy atom. The smallest absolute Gasteiger partial charge is 0.195 e. The molecule has 1 aromatic carbocycles. The highest BCUT2D eigenvalue weighted by molar-refractivity contribution is 5.24. The second-order valence-corrected chi connectivity index (χ2v) is 6.86. The number of nitriles is 1. The van der Waals surface area contributed by atoms with E-state index in [1.165, 1.54) is 12.1 Å². The quantitative estimate of drug-likeness (QED) is 0.417. The minimum Gasteiger partial charge on any atom is -0.195 e. The normalized spacial score (nSPS) is 21.8. The van der Waals surface area contributed by atoms with Gasteiger partial charge in [0.25, 0.3) is 0 Å². The van der Waals surface area contributed by atoms with Crippen molar-refractivity contribution in [3.8, 4) is 6.07 Å². The molecule has 0 bridgehead atoms. The van der Waals surface area contributed by atoms with Crippen LogP contribution in [0.25, 0.3) is 0 Å². The number of rotatable bonds is 6. The van der Waals surface area contributed by atoms with Crippen molar-refractivity contribution in [1.29, 1.82) is 5.26 Å². The largest absolute Gasteiger partial charge is 0.416 e. The third-order valence-corrected chi connectivity index (χ3v) is 5.09. The first kappa shape index (κ1) is 19.5. The third kappa shape index (κ3) is 6.53. The number of aryl methyl sites for hydroxylation is 1. The van der Waals surface area contributed by atoms with Gasteiger partial charge in [-0.15, -0.1) is 0 Å². The van der Waals surface area contributed by atoms with E-state index in [-0.39, 0.29) is 0 Å². The van der Waals surface area contributed by atoms with E-state index in [1.54, 1.807) is 12.1 Å². The van der Waals surface area contributed by atoms with Crippen LogP contribution in [-0.4, -0.2) is 0 Å². The zero-order chi connectivity index (χ0) is 18.3. The van der Waals surface area contributed by atoms with Crippen LogP contribution < -0.4 is 0 Å². The van der Waals surface area contributed by atoms with E-state index in [9.17, 15) is 17.6 Å². The molecule has 0 aliphatic heterocycles. The van der Waals surface area contributed by atoms with Crippen LogP contribution in [0.1, 0.15) is 56.1 Å². The number of allylic oxidation sites excluding steroid dienone is 2. The highest BCUT2D eigenvalue weighted by Gasteiger charge is 2.30. The van der Waals surface area contributed by atoms with E-state index in [0.717, 1.165) is 62.6 Å². The Kier molecular flexibility index (Phi) is 7.04. The molecule has 136 valence electrons. The highest BCUT2D eigenvalue weighted by atomic mass is 19.4. The van der Waals surface area contributed by atoms with Gasteiger partial charge >= 0.3 is 6.18 Å². The fourth-order valence-electron chi connectivity index (χ4n) is 3.53. The van der Waals surface area contributed by atoms with Gasteiger partial charge in [-0.25, -0.2) is 0 Å².